The molecule has 18 heavy (non-hydrogen) atoms. The number of rotatable bonds is 2. The second-order valence-corrected chi connectivity index (χ2v) is 4.21. The Bertz CT molecular complexity index is 697. The molecule has 3 aromatic rings. The number of hydrogen-bond donors (Lipinski definition) is 3. The van der Waals surface area contributed by atoms with Gasteiger partial charge in [0.1, 0.15) is 5.69 Å². The van der Waals surface area contributed by atoms with Crippen molar-refractivity contribution in [2.45, 2.75) is 6.92 Å². The highest BCUT2D eigenvalue weighted by atomic mass is 16.1. The third kappa shape index (κ3) is 1.86. The van der Waals surface area contributed by atoms with Crippen molar-refractivity contribution in [3.05, 3.63) is 47.9 Å². The zero-order valence-corrected chi connectivity index (χ0v) is 9.82. The van der Waals surface area contributed by atoms with Crippen molar-refractivity contribution in [3.8, 4) is 0 Å². The molecule has 0 fully saturated rings. The summed E-state index contributed by atoms with van der Waals surface area (Å²) < 4.78 is 0. The number of fused-ring (bicyclic) bond motifs is 1. The van der Waals surface area contributed by atoms with Gasteiger partial charge in [-0.3, -0.25) is 9.89 Å². The van der Waals surface area contributed by atoms with Crippen molar-refractivity contribution in [2.75, 3.05) is 5.32 Å². The molecule has 1 amide bonds. The molecule has 5 heteroatoms. The van der Waals surface area contributed by atoms with Crippen LogP contribution in [0.1, 0.15) is 16.1 Å². The number of benzene rings is 1. The Morgan fingerprint density at radius 2 is 2.22 bits per heavy atom. The first-order valence-electron chi connectivity index (χ1n) is 5.62. The number of aryl methyl sites for hydroxylation is 1. The van der Waals surface area contributed by atoms with Crippen LogP contribution < -0.4 is 5.32 Å². The summed E-state index contributed by atoms with van der Waals surface area (Å²) in [7, 11) is 0. The van der Waals surface area contributed by atoms with Gasteiger partial charge in [-0.2, -0.15) is 5.10 Å². The number of H-pyrrole nitrogens is 2. The molecule has 0 radical (unpaired) electrons. The van der Waals surface area contributed by atoms with Gasteiger partial charge < -0.3 is 10.3 Å². The molecule has 0 spiro atoms. The molecule has 90 valence electrons. The van der Waals surface area contributed by atoms with E-state index in [1.165, 1.54) is 0 Å². The first-order chi connectivity index (χ1) is 8.72. The van der Waals surface area contributed by atoms with E-state index < -0.39 is 0 Å². The number of nitrogens with one attached hydrogen (secondary N) is 3. The van der Waals surface area contributed by atoms with Gasteiger partial charge >= 0.3 is 0 Å². The normalized spacial score (nSPS) is 10.7. The Morgan fingerprint density at radius 3 is 3.00 bits per heavy atom. The Hall–Kier alpha value is -2.56. The maximum Gasteiger partial charge on any atom is 0.272 e. The van der Waals surface area contributed by atoms with E-state index in [2.05, 4.69) is 20.5 Å². The fourth-order valence-electron chi connectivity index (χ4n) is 1.88. The van der Waals surface area contributed by atoms with E-state index in [-0.39, 0.29) is 5.91 Å². The quantitative estimate of drug-likeness (QED) is 0.643. The molecule has 2 aromatic heterocycles. The lowest BCUT2D eigenvalue weighted by molar-refractivity contribution is 0.102. The fraction of sp³-hybridized carbons (Fsp3) is 0.0769. The van der Waals surface area contributed by atoms with E-state index >= 15 is 0 Å². The standard InChI is InChI=1S/C13H12N4O/c1-8-2-3-9-5-12(17-11(9)4-8)13(18)16-10-6-14-15-7-10/h2-7,17H,1H3,(H,14,15)(H,16,18). The minimum atomic E-state index is -0.176. The van der Waals surface area contributed by atoms with Crippen LogP contribution in [0, 0.1) is 6.92 Å². The van der Waals surface area contributed by atoms with Crippen LogP contribution in [0.4, 0.5) is 5.69 Å². The average molecular weight is 240 g/mol. The van der Waals surface area contributed by atoms with Crippen molar-refractivity contribution >= 4 is 22.5 Å². The molecule has 3 N–H and O–H groups in total. The Balaban J connectivity index is 1.92. The Labute approximate surface area is 103 Å². The van der Waals surface area contributed by atoms with E-state index in [0.717, 1.165) is 16.5 Å². The summed E-state index contributed by atoms with van der Waals surface area (Å²) in [6, 6.07) is 7.87. The van der Waals surface area contributed by atoms with E-state index in [1.54, 1.807) is 12.4 Å². The second kappa shape index (κ2) is 4.03. The van der Waals surface area contributed by atoms with Gasteiger partial charge in [0.05, 0.1) is 11.9 Å². The maximum absolute atomic E-state index is 12.0. The summed E-state index contributed by atoms with van der Waals surface area (Å²) in [6.45, 7) is 2.02. The number of amides is 1. The molecule has 0 aliphatic heterocycles. The van der Waals surface area contributed by atoms with Crippen LogP contribution in [-0.4, -0.2) is 21.1 Å². The van der Waals surface area contributed by atoms with Crippen molar-refractivity contribution in [3.63, 3.8) is 0 Å². The van der Waals surface area contributed by atoms with Gasteiger partial charge in [-0.05, 0) is 24.6 Å². The Kier molecular flexibility index (Phi) is 2.37. The minimum absolute atomic E-state index is 0.176. The first-order valence-corrected chi connectivity index (χ1v) is 5.62. The lowest BCUT2D eigenvalue weighted by Crippen LogP contribution is -2.11. The summed E-state index contributed by atoms with van der Waals surface area (Å²) >= 11 is 0. The molecule has 3 rings (SSSR count). The number of aromatic nitrogens is 3. The van der Waals surface area contributed by atoms with E-state index in [4.69, 9.17) is 0 Å². The van der Waals surface area contributed by atoms with Crippen molar-refractivity contribution in [2.24, 2.45) is 0 Å². The van der Waals surface area contributed by atoms with Crippen LogP contribution in [0.25, 0.3) is 10.9 Å². The van der Waals surface area contributed by atoms with Gasteiger partial charge in [0.25, 0.3) is 5.91 Å². The van der Waals surface area contributed by atoms with Crippen LogP contribution in [-0.2, 0) is 0 Å². The van der Waals surface area contributed by atoms with Crippen LogP contribution in [0.3, 0.4) is 0 Å². The number of hydrogen-bond acceptors (Lipinski definition) is 2. The summed E-state index contributed by atoms with van der Waals surface area (Å²) in [4.78, 5) is 15.1. The van der Waals surface area contributed by atoms with Gasteiger partial charge in [-0.15, -0.1) is 0 Å². The number of aromatic amines is 2. The smallest absolute Gasteiger partial charge is 0.272 e. The fourth-order valence-corrected chi connectivity index (χ4v) is 1.88. The molecule has 0 atom stereocenters. The largest absolute Gasteiger partial charge is 0.351 e. The topological polar surface area (TPSA) is 73.6 Å². The molecule has 0 bridgehead atoms. The average Bonchev–Trinajstić information content (AvgIpc) is 2.96. The predicted octanol–water partition coefficient (Wildman–Crippen LogP) is 2.45. The Morgan fingerprint density at radius 1 is 1.33 bits per heavy atom. The van der Waals surface area contributed by atoms with Crippen molar-refractivity contribution in [1.82, 2.24) is 15.2 Å². The highest BCUT2D eigenvalue weighted by Crippen LogP contribution is 2.17. The molecule has 0 aliphatic carbocycles. The van der Waals surface area contributed by atoms with Crippen LogP contribution in [0.2, 0.25) is 0 Å². The number of nitrogens with zero attached hydrogens (tertiary/aromatic N) is 1. The highest BCUT2D eigenvalue weighted by molar-refractivity contribution is 6.05. The lowest BCUT2D eigenvalue weighted by Gasteiger charge is -1.98. The molecular formula is C13H12N4O. The van der Waals surface area contributed by atoms with Gasteiger partial charge in [0.2, 0.25) is 0 Å². The predicted molar refractivity (Wildman–Crippen MR) is 69.6 cm³/mol. The van der Waals surface area contributed by atoms with E-state index in [0.29, 0.717) is 11.4 Å². The summed E-state index contributed by atoms with van der Waals surface area (Å²) in [5.41, 5.74) is 3.31. The van der Waals surface area contributed by atoms with Gasteiger partial charge in [-0.25, -0.2) is 0 Å². The monoisotopic (exact) mass is 240 g/mol. The second-order valence-electron chi connectivity index (χ2n) is 4.21. The molecular weight excluding hydrogens is 228 g/mol. The van der Waals surface area contributed by atoms with Gasteiger partial charge in [0, 0.05) is 17.1 Å². The molecule has 5 nitrogen and oxygen atoms in total. The zero-order chi connectivity index (χ0) is 12.5. The summed E-state index contributed by atoms with van der Waals surface area (Å²) in [6.07, 6.45) is 3.19. The minimum Gasteiger partial charge on any atom is -0.351 e. The highest BCUT2D eigenvalue weighted by Gasteiger charge is 2.10. The van der Waals surface area contributed by atoms with Crippen molar-refractivity contribution in [1.29, 1.82) is 0 Å². The molecule has 1 aromatic carbocycles. The van der Waals surface area contributed by atoms with Gasteiger partial charge in [-0.1, -0.05) is 12.1 Å². The summed E-state index contributed by atoms with van der Waals surface area (Å²) in [5, 5.41) is 10.2. The third-order valence-electron chi connectivity index (χ3n) is 2.78. The van der Waals surface area contributed by atoms with Crippen LogP contribution in [0.5, 0.6) is 0 Å². The van der Waals surface area contributed by atoms with Gasteiger partial charge in [0.15, 0.2) is 0 Å². The molecule has 2 heterocycles. The first kappa shape index (κ1) is 10.6. The summed E-state index contributed by atoms with van der Waals surface area (Å²) in [5.74, 6) is -0.176. The molecule has 0 unspecified atom stereocenters. The maximum atomic E-state index is 12.0. The van der Waals surface area contributed by atoms with E-state index in [9.17, 15) is 4.79 Å². The SMILES string of the molecule is Cc1ccc2cc(C(=O)Nc3cn[nH]c3)[nH]c2c1. The lowest BCUT2D eigenvalue weighted by atomic mass is 10.2. The van der Waals surface area contributed by atoms with Crippen LogP contribution in [0.15, 0.2) is 36.7 Å². The number of carbonyl (C=O) groups excluding carboxylic acids is 1. The van der Waals surface area contributed by atoms with E-state index in [1.807, 2.05) is 31.2 Å². The van der Waals surface area contributed by atoms with Crippen LogP contribution >= 0.6 is 0 Å². The molecule has 0 aliphatic rings. The zero-order valence-electron chi connectivity index (χ0n) is 9.82. The molecule has 0 saturated carbocycles. The molecule has 0 saturated heterocycles. The van der Waals surface area contributed by atoms with Crippen molar-refractivity contribution < 1.29 is 4.79 Å². The number of carbonyl (C=O) groups is 1. The third-order valence-corrected chi connectivity index (χ3v) is 2.78. The number of anilines is 1.